The fraction of sp³-hybridized carbons (Fsp3) is 0.423. The van der Waals surface area contributed by atoms with Gasteiger partial charge in [0.05, 0.1) is 13.2 Å². The molecule has 158 valence electrons. The maximum Gasteiger partial charge on any atom is 0.154 e. The van der Waals surface area contributed by atoms with E-state index in [9.17, 15) is 9.18 Å². The highest BCUT2D eigenvalue weighted by Crippen LogP contribution is 2.35. The Morgan fingerprint density at radius 3 is 2.40 bits per heavy atom. The molecular weight excluding hydrogens is 377 g/mol. The highest BCUT2D eigenvalue weighted by Gasteiger charge is 2.36. The summed E-state index contributed by atoms with van der Waals surface area (Å²) in [6.45, 7) is 3.85. The molecular formula is C26H30FNO2. The molecule has 1 fully saturated rings. The highest BCUT2D eigenvalue weighted by molar-refractivity contribution is 5.87. The van der Waals surface area contributed by atoms with Crippen LogP contribution in [-0.4, -0.2) is 36.9 Å². The van der Waals surface area contributed by atoms with Crippen LogP contribution in [0.3, 0.4) is 0 Å². The molecule has 1 saturated carbocycles. The molecule has 0 amide bonds. The first-order chi connectivity index (χ1) is 14.5. The Morgan fingerprint density at radius 2 is 1.77 bits per heavy atom. The van der Waals surface area contributed by atoms with Gasteiger partial charge in [-0.3, -0.25) is 9.69 Å². The first kappa shape index (κ1) is 20.8. The van der Waals surface area contributed by atoms with Gasteiger partial charge in [0.1, 0.15) is 11.6 Å². The summed E-state index contributed by atoms with van der Waals surface area (Å²) in [5.74, 6) is 1.35. The number of ether oxygens (including phenoxy) is 1. The third-order valence-electron chi connectivity index (χ3n) is 6.50. The lowest BCUT2D eigenvalue weighted by atomic mass is 9.76. The summed E-state index contributed by atoms with van der Waals surface area (Å²) in [5.41, 5.74) is 2.10. The van der Waals surface area contributed by atoms with Gasteiger partial charge in [-0.15, -0.1) is 0 Å². The first-order valence-electron chi connectivity index (χ1n) is 10.9. The Kier molecular flexibility index (Phi) is 6.33. The number of ketones is 1. The zero-order valence-electron chi connectivity index (χ0n) is 17.8. The van der Waals surface area contributed by atoms with E-state index in [-0.39, 0.29) is 29.5 Å². The minimum absolute atomic E-state index is 0.0148. The number of benzene rings is 2. The first-order valence-corrected chi connectivity index (χ1v) is 10.9. The SMILES string of the molecule is COc1ccc([C@@H]2/C=C\CN(CC3CC3)[C@@H](C)C(=O)[C@H]2Cc2ccc(F)cc2)cc1. The van der Waals surface area contributed by atoms with Crippen LogP contribution < -0.4 is 4.74 Å². The molecule has 0 aromatic heterocycles. The molecule has 0 spiro atoms. The molecule has 4 heteroatoms. The number of carbonyl (C=O) groups is 1. The molecule has 30 heavy (non-hydrogen) atoms. The number of carbonyl (C=O) groups excluding carboxylic acids is 1. The van der Waals surface area contributed by atoms with Gasteiger partial charge in [-0.1, -0.05) is 36.4 Å². The topological polar surface area (TPSA) is 29.5 Å². The van der Waals surface area contributed by atoms with Gasteiger partial charge in [0, 0.05) is 24.9 Å². The molecule has 1 aliphatic carbocycles. The molecule has 3 atom stereocenters. The number of halogens is 1. The molecule has 0 unspecified atom stereocenters. The van der Waals surface area contributed by atoms with Crippen molar-refractivity contribution in [1.29, 1.82) is 0 Å². The van der Waals surface area contributed by atoms with Crippen LogP contribution in [0.25, 0.3) is 0 Å². The molecule has 2 aromatic carbocycles. The molecule has 1 heterocycles. The van der Waals surface area contributed by atoms with Crippen molar-refractivity contribution in [3.8, 4) is 5.75 Å². The van der Waals surface area contributed by atoms with Crippen molar-refractivity contribution in [2.75, 3.05) is 20.2 Å². The number of rotatable bonds is 6. The van der Waals surface area contributed by atoms with Gasteiger partial charge in [0.15, 0.2) is 5.78 Å². The van der Waals surface area contributed by atoms with Crippen molar-refractivity contribution < 1.29 is 13.9 Å². The van der Waals surface area contributed by atoms with Gasteiger partial charge in [0.2, 0.25) is 0 Å². The summed E-state index contributed by atoms with van der Waals surface area (Å²) < 4.78 is 18.7. The van der Waals surface area contributed by atoms with Gasteiger partial charge in [-0.2, -0.15) is 0 Å². The predicted molar refractivity (Wildman–Crippen MR) is 117 cm³/mol. The summed E-state index contributed by atoms with van der Waals surface area (Å²) in [4.78, 5) is 16.0. The van der Waals surface area contributed by atoms with E-state index in [0.29, 0.717) is 6.42 Å². The molecule has 1 aliphatic heterocycles. The van der Waals surface area contributed by atoms with Crippen molar-refractivity contribution in [3.63, 3.8) is 0 Å². The van der Waals surface area contributed by atoms with E-state index < -0.39 is 0 Å². The van der Waals surface area contributed by atoms with E-state index in [1.54, 1.807) is 19.2 Å². The van der Waals surface area contributed by atoms with Crippen LogP contribution in [0.15, 0.2) is 60.7 Å². The molecule has 0 bridgehead atoms. The minimum atomic E-state index is -0.252. The van der Waals surface area contributed by atoms with E-state index in [1.807, 2.05) is 31.2 Å². The number of nitrogens with zero attached hydrogens (tertiary/aromatic N) is 1. The van der Waals surface area contributed by atoms with E-state index >= 15 is 0 Å². The lowest BCUT2D eigenvalue weighted by Crippen LogP contribution is -2.45. The van der Waals surface area contributed by atoms with Crippen LogP contribution >= 0.6 is 0 Å². The molecule has 0 radical (unpaired) electrons. The molecule has 2 aromatic rings. The van der Waals surface area contributed by atoms with Gasteiger partial charge < -0.3 is 4.74 Å². The standard InChI is InChI=1S/C26H30FNO2/c1-18-26(29)25(16-19-7-11-22(27)12-8-19)24(21-9-13-23(30-2)14-10-21)4-3-15-28(18)17-20-5-6-20/h3-4,7-14,18,20,24-25H,5-6,15-17H2,1-2H3/b4-3-/t18-,24-,25-/m0/s1. The quantitative estimate of drug-likeness (QED) is 0.630. The maximum absolute atomic E-state index is 13.7. The second kappa shape index (κ2) is 9.13. The largest absolute Gasteiger partial charge is 0.497 e. The van der Waals surface area contributed by atoms with Crippen molar-refractivity contribution in [1.82, 2.24) is 4.90 Å². The summed E-state index contributed by atoms with van der Waals surface area (Å²) in [5, 5.41) is 0. The monoisotopic (exact) mass is 407 g/mol. The Bertz CT molecular complexity index is 886. The zero-order chi connectivity index (χ0) is 21.1. The fourth-order valence-electron chi connectivity index (χ4n) is 4.44. The molecule has 4 rings (SSSR count). The zero-order valence-corrected chi connectivity index (χ0v) is 17.8. The van der Waals surface area contributed by atoms with Gasteiger partial charge >= 0.3 is 0 Å². The van der Waals surface area contributed by atoms with Crippen LogP contribution in [-0.2, 0) is 11.2 Å². The third kappa shape index (κ3) is 4.81. The smallest absolute Gasteiger partial charge is 0.154 e. The highest BCUT2D eigenvalue weighted by atomic mass is 19.1. The molecule has 0 saturated heterocycles. The van der Waals surface area contributed by atoms with Crippen molar-refractivity contribution >= 4 is 5.78 Å². The summed E-state index contributed by atoms with van der Waals surface area (Å²) in [6.07, 6.45) is 7.56. The Labute approximate surface area is 178 Å². The summed E-state index contributed by atoms with van der Waals surface area (Å²) in [6, 6.07) is 14.4. The van der Waals surface area contributed by atoms with Crippen LogP contribution in [0.2, 0.25) is 0 Å². The van der Waals surface area contributed by atoms with Crippen LogP contribution in [0.1, 0.15) is 36.8 Å². The van der Waals surface area contributed by atoms with Crippen LogP contribution in [0.5, 0.6) is 5.75 Å². The molecule has 0 N–H and O–H groups in total. The minimum Gasteiger partial charge on any atom is -0.497 e. The predicted octanol–water partition coefficient (Wildman–Crippen LogP) is 5.02. The van der Waals surface area contributed by atoms with E-state index in [0.717, 1.165) is 35.9 Å². The molecule has 2 aliphatic rings. The van der Waals surface area contributed by atoms with Crippen molar-refractivity contribution in [2.45, 2.75) is 38.1 Å². The Balaban J connectivity index is 1.66. The average Bonchev–Trinajstić information content (AvgIpc) is 3.59. The normalized spacial score (nSPS) is 26.1. The number of methoxy groups -OCH3 is 1. The van der Waals surface area contributed by atoms with Gasteiger partial charge in [-0.05, 0) is 67.5 Å². The van der Waals surface area contributed by atoms with E-state index in [2.05, 4.69) is 17.1 Å². The van der Waals surface area contributed by atoms with Crippen LogP contribution in [0, 0.1) is 17.7 Å². The second-order valence-electron chi connectivity index (χ2n) is 8.64. The number of Topliss-reactive ketones (excluding diaryl/α,β-unsaturated/α-hetero) is 1. The van der Waals surface area contributed by atoms with Gasteiger partial charge in [0.25, 0.3) is 0 Å². The van der Waals surface area contributed by atoms with Crippen molar-refractivity contribution in [2.24, 2.45) is 11.8 Å². The molecule has 3 nitrogen and oxygen atoms in total. The van der Waals surface area contributed by atoms with Gasteiger partial charge in [-0.25, -0.2) is 4.39 Å². The van der Waals surface area contributed by atoms with E-state index in [4.69, 9.17) is 4.74 Å². The lowest BCUT2D eigenvalue weighted by molar-refractivity contribution is -0.128. The van der Waals surface area contributed by atoms with E-state index in [1.165, 1.54) is 25.0 Å². The number of allylic oxidation sites excluding steroid dienone is 1. The third-order valence-corrected chi connectivity index (χ3v) is 6.50. The fourth-order valence-corrected chi connectivity index (χ4v) is 4.44. The van der Waals surface area contributed by atoms with Crippen LogP contribution in [0.4, 0.5) is 4.39 Å². The lowest BCUT2D eigenvalue weighted by Gasteiger charge is -2.35. The Morgan fingerprint density at radius 1 is 1.07 bits per heavy atom. The Hall–Kier alpha value is -2.46. The average molecular weight is 408 g/mol. The number of hydrogen-bond acceptors (Lipinski definition) is 3. The second-order valence-corrected chi connectivity index (χ2v) is 8.64. The maximum atomic E-state index is 13.7. The summed E-state index contributed by atoms with van der Waals surface area (Å²) >= 11 is 0. The number of hydrogen-bond donors (Lipinski definition) is 0. The van der Waals surface area contributed by atoms with Crippen molar-refractivity contribution in [3.05, 3.63) is 77.6 Å². The summed E-state index contributed by atoms with van der Waals surface area (Å²) in [7, 11) is 1.65.